The molecule has 1 aliphatic carbocycles. The van der Waals surface area contributed by atoms with E-state index in [-0.39, 0.29) is 24.2 Å². The normalized spacial score (nSPS) is 18.9. The summed E-state index contributed by atoms with van der Waals surface area (Å²) in [5.41, 5.74) is 0.105. The van der Waals surface area contributed by atoms with Crippen LogP contribution in [0.3, 0.4) is 0 Å². The first-order valence-corrected chi connectivity index (χ1v) is 9.35. The van der Waals surface area contributed by atoms with Gasteiger partial charge in [-0.2, -0.15) is 0 Å². The Balaban J connectivity index is 0.000000438. The number of amides is 2. The van der Waals surface area contributed by atoms with Crippen LogP contribution in [-0.2, 0) is 38.7 Å². The number of imidazole rings is 1. The van der Waals surface area contributed by atoms with E-state index in [1.165, 1.54) is 0 Å². The Hall–Kier alpha value is -2.95. The molecule has 1 aromatic rings. The number of hydrogen-bond acceptors (Lipinski definition) is 6. The molecule has 0 spiro atoms. The molecule has 0 aromatic carbocycles. The van der Waals surface area contributed by atoms with Crippen LogP contribution in [0.4, 0.5) is 0 Å². The van der Waals surface area contributed by atoms with Crippen LogP contribution in [0.15, 0.2) is 6.20 Å². The van der Waals surface area contributed by atoms with Gasteiger partial charge in [0.2, 0.25) is 11.8 Å². The third-order valence-corrected chi connectivity index (χ3v) is 5.18. The van der Waals surface area contributed by atoms with Crippen molar-refractivity contribution in [1.29, 1.82) is 0 Å². The van der Waals surface area contributed by atoms with E-state index in [0.717, 1.165) is 30.8 Å². The maximum atomic E-state index is 12.0. The lowest BCUT2D eigenvalue weighted by molar-refractivity contribution is -0.159. The number of carboxylic acid groups (broad SMARTS) is 2. The lowest BCUT2D eigenvalue weighted by atomic mass is 9.78. The van der Waals surface area contributed by atoms with E-state index in [4.69, 9.17) is 19.8 Å². The van der Waals surface area contributed by atoms with E-state index in [9.17, 15) is 14.7 Å². The molecule has 1 unspecified atom stereocenters. The summed E-state index contributed by atoms with van der Waals surface area (Å²) in [5, 5.41) is 30.4. The number of aryl methyl sites for hydroxylation is 1. The van der Waals surface area contributed by atoms with Crippen LogP contribution in [0.1, 0.15) is 43.6 Å². The van der Waals surface area contributed by atoms with E-state index in [1.807, 2.05) is 4.57 Å². The molecule has 2 aliphatic rings. The SMILES string of the molecule is CNC(=O)C1CCc2ncc(CNC(=O)CC3(O)CCC3)n2C1.O=C(O)C(=O)O. The van der Waals surface area contributed by atoms with Gasteiger partial charge in [0.1, 0.15) is 5.82 Å². The van der Waals surface area contributed by atoms with E-state index >= 15 is 0 Å². The molecule has 0 radical (unpaired) electrons. The number of rotatable bonds is 5. The second kappa shape index (κ2) is 9.50. The highest BCUT2D eigenvalue weighted by molar-refractivity contribution is 6.27. The van der Waals surface area contributed by atoms with Gasteiger partial charge in [0.15, 0.2) is 0 Å². The van der Waals surface area contributed by atoms with Crippen LogP contribution in [0.5, 0.6) is 0 Å². The Kier molecular flexibility index (Phi) is 7.32. The molecule has 0 saturated heterocycles. The number of nitrogens with one attached hydrogen (secondary N) is 2. The third-order valence-electron chi connectivity index (χ3n) is 5.18. The zero-order chi connectivity index (χ0) is 21.6. The molecular weight excluding hydrogens is 384 g/mol. The first-order chi connectivity index (χ1) is 13.6. The highest BCUT2D eigenvalue weighted by Crippen LogP contribution is 2.34. The Morgan fingerprint density at radius 1 is 1.24 bits per heavy atom. The van der Waals surface area contributed by atoms with Gasteiger partial charge in [-0.3, -0.25) is 9.59 Å². The van der Waals surface area contributed by atoms with Gasteiger partial charge in [-0.15, -0.1) is 0 Å². The molecule has 11 heteroatoms. The molecule has 1 atom stereocenters. The number of aliphatic carboxylic acids is 2. The van der Waals surface area contributed by atoms with Crippen molar-refractivity contribution in [3.63, 3.8) is 0 Å². The van der Waals surface area contributed by atoms with E-state index in [1.54, 1.807) is 13.2 Å². The van der Waals surface area contributed by atoms with Crippen molar-refractivity contribution in [3.8, 4) is 0 Å². The number of carbonyl (C=O) groups excluding carboxylic acids is 2. The Morgan fingerprint density at radius 3 is 2.41 bits per heavy atom. The summed E-state index contributed by atoms with van der Waals surface area (Å²) in [6, 6.07) is 0. The molecule has 1 aliphatic heterocycles. The first-order valence-electron chi connectivity index (χ1n) is 9.35. The topological polar surface area (TPSA) is 171 Å². The van der Waals surface area contributed by atoms with E-state index in [2.05, 4.69) is 15.6 Å². The van der Waals surface area contributed by atoms with Crippen molar-refractivity contribution in [3.05, 3.63) is 17.7 Å². The molecule has 0 bridgehead atoms. The smallest absolute Gasteiger partial charge is 0.414 e. The monoisotopic (exact) mass is 410 g/mol. The summed E-state index contributed by atoms with van der Waals surface area (Å²) >= 11 is 0. The molecule has 3 rings (SSSR count). The van der Waals surface area contributed by atoms with Gasteiger partial charge >= 0.3 is 11.9 Å². The molecule has 1 fully saturated rings. The number of carbonyl (C=O) groups is 4. The highest BCUT2D eigenvalue weighted by Gasteiger charge is 2.36. The van der Waals surface area contributed by atoms with Gasteiger partial charge in [0, 0.05) is 20.0 Å². The summed E-state index contributed by atoms with van der Waals surface area (Å²) in [5.74, 6) is -2.82. The number of nitrogens with zero attached hydrogens (tertiary/aromatic N) is 2. The fourth-order valence-electron chi connectivity index (χ4n) is 3.36. The van der Waals surface area contributed by atoms with Crippen LogP contribution < -0.4 is 10.6 Å². The molecule has 1 saturated carbocycles. The second-order valence-electron chi connectivity index (χ2n) is 7.27. The van der Waals surface area contributed by atoms with E-state index in [0.29, 0.717) is 25.9 Å². The molecule has 2 amide bonds. The Bertz CT molecular complexity index is 773. The first kappa shape index (κ1) is 22.3. The molecule has 29 heavy (non-hydrogen) atoms. The minimum absolute atomic E-state index is 0.0477. The van der Waals surface area contributed by atoms with Crippen molar-refractivity contribution in [1.82, 2.24) is 20.2 Å². The number of aromatic nitrogens is 2. The van der Waals surface area contributed by atoms with Crippen LogP contribution in [-0.4, -0.2) is 61.3 Å². The molecule has 2 heterocycles. The highest BCUT2D eigenvalue weighted by atomic mass is 16.4. The fourth-order valence-corrected chi connectivity index (χ4v) is 3.36. The van der Waals surface area contributed by atoms with Gasteiger partial charge in [0.05, 0.1) is 36.4 Å². The van der Waals surface area contributed by atoms with Crippen LogP contribution in [0.2, 0.25) is 0 Å². The van der Waals surface area contributed by atoms with Crippen molar-refractivity contribution in [2.75, 3.05) is 7.05 Å². The van der Waals surface area contributed by atoms with Crippen molar-refractivity contribution < 1.29 is 34.5 Å². The largest absolute Gasteiger partial charge is 0.473 e. The number of aliphatic hydroxyl groups is 1. The van der Waals surface area contributed by atoms with Gasteiger partial charge < -0.3 is 30.5 Å². The Labute approximate surface area is 167 Å². The molecular formula is C18H26N4O7. The Morgan fingerprint density at radius 2 is 1.90 bits per heavy atom. The van der Waals surface area contributed by atoms with Crippen molar-refractivity contribution >= 4 is 23.8 Å². The summed E-state index contributed by atoms with van der Waals surface area (Å²) in [7, 11) is 1.65. The average molecular weight is 410 g/mol. The van der Waals surface area contributed by atoms with Gasteiger partial charge in [-0.25, -0.2) is 14.6 Å². The minimum atomic E-state index is -1.82. The maximum Gasteiger partial charge on any atom is 0.414 e. The van der Waals surface area contributed by atoms with Crippen LogP contribution in [0, 0.1) is 5.92 Å². The standard InChI is InChI=1S/C16H24N4O3.C2H2O4/c1-17-15(22)11-3-4-13-18-8-12(20(13)10-11)9-19-14(21)7-16(23)5-2-6-16;3-1(4)2(5)6/h8,11,23H,2-7,9-10H2,1H3,(H,17,22)(H,19,21);(H,3,4)(H,5,6). The lowest BCUT2D eigenvalue weighted by Crippen LogP contribution is -2.42. The summed E-state index contributed by atoms with van der Waals surface area (Å²) < 4.78 is 2.03. The third kappa shape index (κ3) is 6.01. The van der Waals surface area contributed by atoms with Crippen molar-refractivity contribution in [2.24, 2.45) is 5.92 Å². The minimum Gasteiger partial charge on any atom is -0.473 e. The quantitative estimate of drug-likeness (QED) is 0.395. The maximum absolute atomic E-state index is 12.0. The van der Waals surface area contributed by atoms with Gasteiger partial charge in [-0.05, 0) is 25.7 Å². The zero-order valence-corrected chi connectivity index (χ0v) is 16.2. The number of hydrogen-bond donors (Lipinski definition) is 5. The molecule has 160 valence electrons. The molecule has 1 aromatic heterocycles. The van der Waals surface area contributed by atoms with Crippen LogP contribution in [0.25, 0.3) is 0 Å². The summed E-state index contributed by atoms with van der Waals surface area (Å²) in [6.45, 7) is 0.979. The molecule has 5 N–H and O–H groups in total. The summed E-state index contributed by atoms with van der Waals surface area (Å²) in [6.07, 6.45) is 5.89. The number of fused-ring (bicyclic) bond motifs is 1. The van der Waals surface area contributed by atoms with Crippen molar-refractivity contribution in [2.45, 2.75) is 57.2 Å². The predicted molar refractivity (Wildman–Crippen MR) is 98.6 cm³/mol. The molecule has 11 nitrogen and oxygen atoms in total. The predicted octanol–water partition coefficient (Wildman–Crippen LogP) is -0.732. The second-order valence-corrected chi connectivity index (χ2v) is 7.27. The average Bonchev–Trinajstić information content (AvgIpc) is 3.07. The lowest BCUT2D eigenvalue weighted by Gasteiger charge is -2.35. The van der Waals surface area contributed by atoms with Crippen LogP contribution >= 0.6 is 0 Å². The zero-order valence-electron chi connectivity index (χ0n) is 16.2. The fraction of sp³-hybridized carbons (Fsp3) is 0.611. The van der Waals surface area contributed by atoms with Gasteiger partial charge in [0.25, 0.3) is 0 Å². The van der Waals surface area contributed by atoms with Gasteiger partial charge in [-0.1, -0.05) is 0 Å². The summed E-state index contributed by atoms with van der Waals surface area (Å²) in [4.78, 5) is 46.4. The van der Waals surface area contributed by atoms with E-state index < -0.39 is 17.5 Å². The number of carboxylic acids is 2.